The second kappa shape index (κ2) is 7.96. The van der Waals surface area contributed by atoms with Gasteiger partial charge >= 0.3 is 7.82 Å². The highest BCUT2D eigenvalue weighted by Gasteiger charge is 2.27. The molecule has 0 saturated carbocycles. The zero-order valence-corrected chi connectivity index (χ0v) is 15.8. The van der Waals surface area contributed by atoms with Gasteiger partial charge in [0.05, 0.1) is 24.2 Å². The van der Waals surface area contributed by atoms with Gasteiger partial charge in [-0.3, -0.25) is 13.8 Å². The van der Waals surface area contributed by atoms with Crippen molar-refractivity contribution in [1.82, 2.24) is 0 Å². The van der Waals surface area contributed by atoms with Crippen molar-refractivity contribution >= 4 is 18.8 Å². The van der Waals surface area contributed by atoms with Gasteiger partial charge in [-0.1, -0.05) is 12.1 Å². The Morgan fingerprint density at radius 2 is 1.70 bits per heavy atom. The molecule has 8 heteroatoms. The predicted octanol–water partition coefficient (Wildman–Crippen LogP) is 4.73. The molecule has 0 radical (unpaired) electrons. The summed E-state index contributed by atoms with van der Waals surface area (Å²) >= 11 is 0. The van der Waals surface area contributed by atoms with Gasteiger partial charge in [-0.25, -0.2) is 4.57 Å². The Morgan fingerprint density at radius 1 is 1.04 bits per heavy atom. The van der Waals surface area contributed by atoms with Crippen LogP contribution in [0.5, 0.6) is 11.5 Å². The zero-order chi connectivity index (χ0) is 19.4. The standard InChI is InChI=1S/C19H19O7P/c1-3-24-27(22,25-4-2)26-15-9-10-16-18(11-15)23-12-17(19(16)21)13-5-7-14(20)8-6-13/h5-12,20H,3-4H2,1-2H3. The summed E-state index contributed by atoms with van der Waals surface area (Å²) in [5, 5.41) is 9.73. The normalized spacial score (nSPS) is 11.6. The van der Waals surface area contributed by atoms with E-state index in [4.69, 9.17) is 18.0 Å². The lowest BCUT2D eigenvalue weighted by Gasteiger charge is -2.17. The average Bonchev–Trinajstić information content (AvgIpc) is 2.63. The molecule has 3 rings (SSSR count). The molecule has 1 aromatic heterocycles. The number of rotatable bonds is 7. The largest absolute Gasteiger partial charge is 0.530 e. The average molecular weight is 390 g/mol. The van der Waals surface area contributed by atoms with Crippen molar-refractivity contribution in [2.45, 2.75) is 13.8 Å². The minimum atomic E-state index is -3.74. The topological polar surface area (TPSA) is 95.2 Å². The first-order chi connectivity index (χ1) is 13.0. The third-order valence-electron chi connectivity index (χ3n) is 3.72. The number of phosphoric acid groups is 1. The third-order valence-corrected chi connectivity index (χ3v) is 5.30. The highest BCUT2D eigenvalue weighted by molar-refractivity contribution is 7.48. The summed E-state index contributed by atoms with van der Waals surface area (Å²) in [5.41, 5.74) is 1.04. The van der Waals surface area contributed by atoms with E-state index in [1.165, 1.54) is 36.6 Å². The van der Waals surface area contributed by atoms with Gasteiger partial charge in [-0.2, -0.15) is 0 Å². The minimum absolute atomic E-state index is 0.110. The highest BCUT2D eigenvalue weighted by Crippen LogP contribution is 2.49. The summed E-state index contributed by atoms with van der Waals surface area (Å²) in [6.07, 6.45) is 1.34. The molecule has 1 N–H and O–H groups in total. The van der Waals surface area contributed by atoms with E-state index in [0.717, 1.165) is 0 Å². The summed E-state index contributed by atoms with van der Waals surface area (Å²) in [5.74, 6) is 0.312. The number of benzene rings is 2. The first-order valence-corrected chi connectivity index (χ1v) is 9.85. The summed E-state index contributed by atoms with van der Waals surface area (Å²) in [6.45, 7) is 3.69. The summed E-state index contributed by atoms with van der Waals surface area (Å²) in [7, 11) is -3.74. The Bertz CT molecular complexity index is 1030. The molecular weight excluding hydrogens is 371 g/mol. The van der Waals surface area contributed by atoms with Crippen LogP contribution in [0.15, 0.2) is 57.9 Å². The predicted molar refractivity (Wildman–Crippen MR) is 101 cm³/mol. The lowest BCUT2D eigenvalue weighted by molar-refractivity contribution is 0.167. The van der Waals surface area contributed by atoms with Crippen LogP contribution >= 0.6 is 7.82 Å². The van der Waals surface area contributed by atoms with Crippen molar-refractivity contribution in [2.24, 2.45) is 0 Å². The Labute approximate surface area is 155 Å². The lowest BCUT2D eigenvalue weighted by Crippen LogP contribution is -2.05. The number of phosphoric ester groups is 1. The van der Waals surface area contributed by atoms with E-state index < -0.39 is 7.82 Å². The highest BCUT2D eigenvalue weighted by atomic mass is 31.2. The Morgan fingerprint density at radius 3 is 2.33 bits per heavy atom. The number of fused-ring (bicyclic) bond motifs is 1. The van der Waals surface area contributed by atoms with Crippen LogP contribution in [0.2, 0.25) is 0 Å². The molecule has 0 amide bonds. The maximum atomic E-state index is 12.7. The van der Waals surface area contributed by atoms with E-state index in [0.29, 0.717) is 16.5 Å². The van der Waals surface area contributed by atoms with Crippen molar-refractivity contribution in [2.75, 3.05) is 13.2 Å². The van der Waals surface area contributed by atoms with Crippen molar-refractivity contribution < 1.29 is 27.7 Å². The molecule has 0 aliphatic carbocycles. The van der Waals surface area contributed by atoms with Gasteiger partial charge in [0.15, 0.2) is 5.43 Å². The van der Waals surface area contributed by atoms with Crippen molar-refractivity contribution in [3.63, 3.8) is 0 Å². The molecular formula is C19H19O7P. The molecule has 0 atom stereocenters. The second-order valence-electron chi connectivity index (χ2n) is 5.56. The fourth-order valence-electron chi connectivity index (χ4n) is 2.54. The summed E-state index contributed by atoms with van der Waals surface area (Å²) in [4.78, 5) is 12.7. The summed E-state index contributed by atoms with van der Waals surface area (Å²) in [6, 6.07) is 10.7. The molecule has 2 aromatic carbocycles. The van der Waals surface area contributed by atoms with E-state index in [-0.39, 0.29) is 35.7 Å². The maximum absolute atomic E-state index is 12.7. The van der Waals surface area contributed by atoms with Gasteiger partial charge in [0.2, 0.25) is 0 Å². The van der Waals surface area contributed by atoms with E-state index >= 15 is 0 Å². The van der Waals surface area contributed by atoms with Crippen molar-refractivity contribution in [1.29, 1.82) is 0 Å². The molecule has 27 heavy (non-hydrogen) atoms. The molecule has 0 unspecified atom stereocenters. The molecule has 0 aliphatic rings. The Kier molecular flexibility index (Phi) is 5.65. The van der Waals surface area contributed by atoms with E-state index in [9.17, 15) is 14.5 Å². The minimum Gasteiger partial charge on any atom is -0.508 e. The monoisotopic (exact) mass is 390 g/mol. The smallest absolute Gasteiger partial charge is 0.508 e. The Hall–Kier alpha value is -2.60. The van der Waals surface area contributed by atoms with E-state index in [1.807, 2.05) is 0 Å². The van der Waals surface area contributed by atoms with Crippen LogP contribution in [0.25, 0.3) is 22.1 Å². The van der Waals surface area contributed by atoms with Gasteiger partial charge in [0.1, 0.15) is 23.3 Å². The first-order valence-electron chi connectivity index (χ1n) is 8.39. The number of hydrogen-bond acceptors (Lipinski definition) is 7. The van der Waals surface area contributed by atoms with Crippen LogP contribution in [0.4, 0.5) is 0 Å². The molecule has 0 fully saturated rings. The van der Waals surface area contributed by atoms with Crippen LogP contribution < -0.4 is 9.95 Å². The van der Waals surface area contributed by atoms with Gasteiger partial charge < -0.3 is 14.0 Å². The van der Waals surface area contributed by atoms with Gasteiger partial charge in [0.25, 0.3) is 0 Å². The van der Waals surface area contributed by atoms with Crippen molar-refractivity contribution in [3.8, 4) is 22.6 Å². The van der Waals surface area contributed by atoms with Crippen LogP contribution in [-0.4, -0.2) is 18.3 Å². The molecule has 142 valence electrons. The van der Waals surface area contributed by atoms with Crippen molar-refractivity contribution in [3.05, 3.63) is 59.0 Å². The maximum Gasteiger partial charge on any atom is 0.530 e. The van der Waals surface area contributed by atoms with Gasteiger partial charge in [-0.05, 0) is 43.7 Å². The second-order valence-corrected chi connectivity index (χ2v) is 7.15. The number of hydrogen-bond donors (Lipinski definition) is 1. The number of phenolic OH excluding ortho intramolecular Hbond substituents is 1. The third kappa shape index (κ3) is 4.22. The zero-order valence-electron chi connectivity index (χ0n) is 14.9. The molecule has 7 nitrogen and oxygen atoms in total. The van der Waals surface area contributed by atoms with Crippen LogP contribution in [0.1, 0.15) is 13.8 Å². The molecule has 0 bridgehead atoms. The van der Waals surface area contributed by atoms with Crippen LogP contribution in [-0.2, 0) is 13.6 Å². The molecule has 0 aliphatic heterocycles. The van der Waals surface area contributed by atoms with Gasteiger partial charge in [-0.15, -0.1) is 0 Å². The quantitative estimate of drug-likeness (QED) is 0.583. The van der Waals surface area contributed by atoms with Gasteiger partial charge in [0, 0.05) is 6.07 Å². The number of aromatic hydroxyl groups is 1. The Balaban J connectivity index is 1.97. The van der Waals surface area contributed by atoms with Crippen LogP contribution in [0, 0.1) is 0 Å². The summed E-state index contributed by atoms with van der Waals surface area (Å²) < 4.78 is 33.6. The molecule has 0 saturated heterocycles. The SMILES string of the molecule is CCOP(=O)(OCC)Oc1ccc2c(=O)c(-c3ccc(O)cc3)coc2c1. The van der Waals surface area contributed by atoms with E-state index in [1.54, 1.807) is 26.0 Å². The molecule has 3 aromatic rings. The number of phenols is 1. The molecule has 0 spiro atoms. The lowest BCUT2D eigenvalue weighted by atomic mass is 10.1. The fraction of sp³-hybridized carbons (Fsp3) is 0.211. The first kappa shape index (κ1) is 19.2. The van der Waals surface area contributed by atoms with E-state index in [2.05, 4.69) is 0 Å². The van der Waals surface area contributed by atoms with Crippen LogP contribution in [0.3, 0.4) is 0 Å². The fourth-order valence-corrected chi connectivity index (χ4v) is 3.73. The molecule has 1 heterocycles.